The smallest absolute Gasteiger partial charge is 0.159 e. The molecule has 4 aliphatic rings. The molecule has 4 nitrogen and oxygen atoms in total. The molecule has 4 unspecified atom stereocenters. The van der Waals surface area contributed by atoms with Crippen LogP contribution in [0.25, 0.3) is 0 Å². The van der Waals surface area contributed by atoms with Crippen molar-refractivity contribution in [1.82, 2.24) is 0 Å². The average Bonchev–Trinajstić information content (AvgIpc) is 3.07. The maximum absolute atomic E-state index is 13.2. The summed E-state index contributed by atoms with van der Waals surface area (Å²) < 4.78 is 0. The van der Waals surface area contributed by atoms with Crippen molar-refractivity contribution < 1.29 is 19.7 Å². The number of carbonyl (C=O) groups is 2. The van der Waals surface area contributed by atoms with Crippen molar-refractivity contribution in [3.8, 4) is 0 Å². The van der Waals surface area contributed by atoms with Crippen molar-refractivity contribution in [1.29, 1.82) is 0 Å². The summed E-state index contributed by atoms with van der Waals surface area (Å²) in [6, 6.07) is 0. The quantitative estimate of drug-likeness (QED) is 0.312. The standard InChI is InChI=1S/C27H40O4/c1-16(2)25(31-30)9-6-17(3)20-7-8-21-19-15-24(29)23-14-18(28)10-12-27(23,5)22(19)11-13-26(20,21)4/h14,17,19-22,25,30H,1,6-13,15H2,2-5H3/t17-,19?,20-,21?,22?,25?,26-,27-/m1/s1. The highest BCUT2D eigenvalue weighted by Gasteiger charge is 2.61. The molecule has 8 atom stereocenters. The molecule has 31 heavy (non-hydrogen) atoms. The molecular formula is C27H40O4. The van der Waals surface area contributed by atoms with E-state index in [4.69, 9.17) is 0 Å². The third-order valence-corrected chi connectivity index (χ3v) is 10.1. The van der Waals surface area contributed by atoms with E-state index in [1.54, 1.807) is 6.08 Å². The van der Waals surface area contributed by atoms with Gasteiger partial charge in [0, 0.05) is 18.4 Å². The maximum Gasteiger partial charge on any atom is 0.159 e. The molecule has 0 aromatic heterocycles. The van der Waals surface area contributed by atoms with Crippen molar-refractivity contribution in [2.45, 2.75) is 91.6 Å². The Balaban J connectivity index is 1.52. The van der Waals surface area contributed by atoms with E-state index in [1.165, 1.54) is 25.7 Å². The fraction of sp³-hybridized carbons (Fsp3) is 0.778. The molecule has 0 saturated heterocycles. The summed E-state index contributed by atoms with van der Waals surface area (Å²) in [5, 5.41) is 9.18. The molecule has 4 aliphatic carbocycles. The van der Waals surface area contributed by atoms with Gasteiger partial charge in [0.25, 0.3) is 0 Å². The zero-order valence-corrected chi connectivity index (χ0v) is 19.8. The van der Waals surface area contributed by atoms with Crippen LogP contribution in [-0.2, 0) is 14.5 Å². The van der Waals surface area contributed by atoms with Gasteiger partial charge in [-0.25, -0.2) is 4.89 Å². The fourth-order valence-electron chi connectivity index (χ4n) is 8.37. The summed E-state index contributed by atoms with van der Waals surface area (Å²) in [7, 11) is 0. The molecule has 0 heterocycles. The van der Waals surface area contributed by atoms with Crippen molar-refractivity contribution in [2.75, 3.05) is 0 Å². The molecule has 0 spiro atoms. The Morgan fingerprint density at radius 3 is 2.61 bits per heavy atom. The monoisotopic (exact) mass is 428 g/mol. The molecule has 0 aromatic carbocycles. The van der Waals surface area contributed by atoms with Crippen molar-refractivity contribution >= 4 is 11.6 Å². The SMILES string of the molecule is C=C(C)C(CC[C@@H](C)[C@H]1CCC2C3CC(=O)C4=CC(=O)CC[C@]4(C)C3CC[C@@]21C)OO. The third kappa shape index (κ3) is 3.68. The summed E-state index contributed by atoms with van der Waals surface area (Å²) in [5.74, 6) is 3.17. The molecule has 1 N–H and O–H groups in total. The fourth-order valence-corrected chi connectivity index (χ4v) is 8.37. The van der Waals surface area contributed by atoms with Crippen molar-refractivity contribution in [3.63, 3.8) is 0 Å². The third-order valence-electron chi connectivity index (χ3n) is 10.1. The zero-order valence-electron chi connectivity index (χ0n) is 19.8. The van der Waals surface area contributed by atoms with E-state index >= 15 is 0 Å². The predicted molar refractivity (Wildman–Crippen MR) is 121 cm³/mol. The van der Waals surface area contributed by atoms with Crippen LogP contribution in [0, 0.1) is 40.4 Å². The van der Waals surface area contributed by atoms with Gasteiger partial charge in [-0.15, -0.1) is 0 Å². The number of carbonyl (C=O) groups excluding carboxylic acids is 2. The Bertz CT molecular complexity index is 797. The van der Waals surface area contributed by atoms with Crippen molar-refractivity contribution in [2.24, 2.45) is 40.4 Å². The Labute approximate surface area is 187 Å². The Morgan fingerprint density at radius 2 is 1.94 bits per heavy atom. The minimum atomic E-state index is -0.279. The lowest BCUT2D eigenvalue weighted by atomic mass is 9.46. The number of allylic oxidation sites excluding steroid dienone is 1. The topological polar surface area (TPSA) is 63.6 Å². The second-order valence-electron chi connectivity index (χ2n) is 11.7. The lowest BCUT2D eigenvalue weighted by molar-refractivity contribution is -0.270. The van der Waals surface area contributed by atoms with Gasteiger partial charge in [-0.05, 0) is 104 Å². The maximum atomic E-state index is 13.2. The first-order chi connectivity index (χ1) is 14.6. The number of Topliss-reactive ketones (excluding diaryl/α,β-unsaturated/α-hetero) is 1. The molecular weight excluding hydrogens is 388 g/mol. The second-order valence-corrected chi connectivity index (χ2v) is 11.7. The van der Waals surface area contributed by atoms with Crippen LogP contribution in [0.2, 0.25) is 0 Å². The van der Waals surface area contributed by atoms with Crippen molar-refractivity contribution in [3.05, 3.63) is 23.8 Å². The van der Waals surface area contributed by atoms with Gasteiger partial charge in [-0.2, -0.15) is 0 Å². The molecule has 0 aromatic rings. The summed E-state index contributed by atoms with van der Waals surface area (Å²) in [6.45, 7) is 13.0. The number of rotatable bonds is 6. The average molecular weight is 429 g/mol. The van der Waals surface area contributed by atoms with Gasteiger partial charge in [0.05, 0.1) is 0 Å². The minimum Gasteiger partial charge on any atom is -0.295 e. The van der Waals surface area contributed by atoms with E-state index in [1.807, 2.05) is 6.92 Å². The Morgan fingerprint density at radius 1 is 1.19 bits per heavy atom. The lowest BCUT2D eigenvalue weighted by Crippen LogP contribution is -2.53. The molecule has 172 valence electrons. The van der Waals surface area contributed by atoms with E-state index in [0.29, 0.717) is 42.4 Å². The molecule has 0 bridgehead atoms. The van der Waals surface area contributed by atoms with E-state index in [0.717, 1.165) is 30.4 Å². The molecule has 4 rings (SSSR count). The van der Waals surface area contributed by atoms with E-state index in [2.05, 4.69) is 32.2 Å². The van der Waals surface area contributed by atoms with Crippen LogP contribution in [0.3, 0.4) is 0 Å². The normalized spacial score (nSPS) is 41.6. The predicted octanol–water partition coefficient (Wildman–Crippen LogP) is 6.16. The van der Waals surface area contributed by atoms with Gasteiger partial charge < -0.3 is 0 Å². The molecule has 3 saturated carbocycles. The number of hydrogen-bond acceptors (Lipinski definition) is 4. The largest absolute Gasteiger partial charge is 0.295 e. The van der Waals surface area contributed by atoms with Crippen LogP contribution in [0.5, 0.6) is 0 Å². The van der Waals surface area contributed by atoms with Gasteiger partial charge in [0.2, 0.25) is 0 Å². The molecule has 0 aliphatic heterocycles. The molecule has 0 radical (unpaired) electrons. The van der Waals surface area contributed by atoms with Gasteiger partial charge in [0.15, 0.2) is 11.6 Å². The highest BCUT2D eigenvalue weighted by molar-refractivity contribution is 6.05. The lowest BCUT2D eigenvalue weighted by Gasteiger charge is -2.57. The highest BCUT2D eigenvalue weighted by atomic mass is 17.1. The van der Waals surface area contributed by atoms with Crippen LogP contribution < -0.4 is 0 Å². The van der Waals surface area contributed by atoms with Crippen LogP contribution in [0.1, 0.15) is 85.5 Å². The van der Waals surface area contributed by atoms with E-state index in [9.17, 15) is 14.8 Å². The molecule has 4 heteroatoms. The number of hydrogen-bond donors (Lipinski definition) is 1. The van der Waals surface area contributed by atoms with Crippen LogP contribution in [0.15, 0.2) is 23.8 Å². The summed E-state index contributed by atoms with van der Waals surface area (Å²) >= 11 is 0. The van der Waals surface area contributed by atoms with E-state index in [-0.39, 0.29) is 28.5 Å². The Hall–Kier alpha value is -1.26. The zero-order chi connectivity index (χ0) is 22.6. The first kappa shape index (κ1) is 22.9. The van der Waals surface area contributed by atoms with Crippen LogP contribution >= 0.6 is 0 Å². The van der Waals surface area contributed by atoms with Crippen LogP contribution in [-0.4, -0.2) is 22.9 Å². The highest BCUT2D eigenvalue weighted by Crippen LogP contribution is 2.67. The van der Waals surface area contributed by atoms with Crippen LogP contribution in [0.4, 0.5) is 0 Å². The first-order valence-corrected chi connectivity index (χ1v) is 12.4. The summed E-state index contributed by atoms with van der Waals surface area (Å²) in [5.41, 5.74) is 1.88. The minimum absolute atomic E-state index is 0.105. The summed E-state index contributed by atoms with van der Waals surface area (Å²) in [6.07, 6.45) is 10.1. The van der Waals surface area contributed by atoms with E-state index < -0.39 is 0 Å². The van der Waals surface area contributed by atoms with Gasteiger partial charge in [-0.3, -0.25) is 14.8 Å². The first-order valence-electron chi connectivity index (χ1n) is 12.4. The molecule has 3 fully saturated rings. The molecule has 0 amide bonds. The Kier molecular flexibility index (Phi) is 6.11. The summed E-state index contributed by atoms with van der Waals surface area (Å²) in [4.78, 5) is 29.8. The number of ketones is 2. The van der Waals surface area contributed by atoms with Gasteiger partial charge in [-0.1, -0.05) is 27.4 Å². The van der Waals surface area contributed by atoms with Gasteiger partial charge >= 0.3 is 0 Å². The van der Waals surface area contributed by atoms with Gasteiger partial charge in [0.1, 0.15) is 6.10 Å². The second kappa shape index (κ2) is 8.26. The number of fused-ring (bicyclic) bond motifs is 5.